The van der Waals surface area contributed by atoms with Crippen LogP contribution in [-0.4, -0.2) is 65.6 Å². The van der Waals surface area contributed by atoms with Crippen molar-refractivity contribution < 1.29 is 4.74 Å². The average Bonchev–Trinajstić information content (AvgIpc) is 3.10. The number of guanidine groups is 1. The maximum Gasteiger partial charge on any atom is 0.191 e. The van der Waals surface area contributed by atoms with Crippen LogP contribution in [-0.2, 0) is 18.3 Å². The highest BCUT2D eigenvalue weighted by molar-refractivity contribution is 14.0. The normalized spacial score (nSPS) is 20.7. The van der Waals surface area contributed by atoms with Crippen molar-refractivity contribution >= 4 is 29.9 Å². The summed E-state index contributed by atoms with van der Waals surface area (Å²) >= 11 is 0. The smallest absolute Gasteiger partial charge is 0.191 e. The van der Waals surface area contributed by atoms with Gasteiger partial charge < -0.3 is 15.4 Å². The molecule has 0 bridgehead atoms. The van der Waals surface area contributed by atoms with Crippen LogP contribution in [0, 0.1) is 0 Å². The van der Waals surface area contributed by atoms with E-state index in [4.69, 9.17) is 9.73 Å². The topological polar surface area (TPSA) is 66.7 Å². The molecular formula is C19H35IN6O. The van der Waals surface area contributed by atoms with Crippen LogP contribution in [0.3, 0.4) is 0 Å². The Morgan fingerprint density at radius 3 is 2.59 bits per heavy atom. The molecule has 3 rings (SSSR count). The summed E-state index contributed by atoms with van der Waals surface area (Å²) in [6.07, 6.45) is 8.35. The number of hydrogen-bond acceptors (Lipinski definition) is 4. The lowest BCUT2D eigenvalue weighted by Crippen LogP contribution is -2.60. The second-order valence-corrected chi connectivity index (χ2v) is 7.38. The molecule has 0 amide bonds. The number of ether oxygens (including phenoxy) is 1. The number of hydrogen-bond donors (Lipinski definition) is 2. The van der Waals surface area contributed by atoms with Gasteiger partial charge in [-0.15, -0.1) is 24.0 Å². The Bertz CT molecular complexity index is 579. The highest BCUT2D eigenvalue weighted by Gasteiger charge is 2.38. The van der Waals surface area contributed by atoms with Gasteiger partial charge in [-0.3, -0.25) is 9.58 Å². The molecule has 1 saturated heterocycles. The summed E-state index contributed by atoms with van der Waals surface area (Å²) in [5, 5.41) is 11.2. The number of nitrogens with one attached hydrogen (secondary N) is 2. The van der Waals surface area contributed by atoms with Gasteiger partial charge in [0.25, 0.3) is 0 Å². The zero-order valence-electron chi connectivity index (χ0n) is 16.7. The van der Waals surface area contributed by atoms with E-state index in [2.05, 4.69) is 27.6 Å². The first-order valence-electron chi connectivity index (χ1n) is 10.1. The maximum atomic E-state index is 5.58. The van der Waals surface area contributed by atoms with Gasteiger partial charge >= 0.3 is 0 Å². The van der Waals surface area contributed by atoms with E-state index in [1.165, 1.54) is 32.1 Å². The fourth-order valence-electron chi connectivity index (χ4n) is 4.16. The molecular weight excluding hydrogens is 455 g/mol. The lowest BCUT2D eigenvalue weighted by Gasteiger charge is -2.48. The van der Waals surface area contributed by atoms with Gasteiger partial charge in [0, 0.05) is 45.0 Å². The van der Waals surface area contributed by atoms with Crippen LogP contribution in [0.1, 0.15) is 44.7 Å². The first-order chi connectivity index (χ1) is 12.7. The van der Waals surface area contributed by atoms with Crippen molar-refractivity contribution in [1.82, 2.24) is 25.3 Å². The Hall–Kier alpha value is -0.870. The molecule has 27 heavy (non-hydrogen) atoms. The Morgan fingerprint density at radius 1 is 1.22 bits per heavy atom. The first kappa shape index (κ1) is 22.4. The molecule has 0 aromatic carbocycles. The number of rotatable bonds is 6. The molecule has 1 saturated carbocycles. The maximum absolute atomic E-state index is 5.58. The molecule has 2 N–H and O–H groups in total. The van der Waals surface area contributed by atoms with Crippen molar-refractivity contribution in [2.75, 3.05) is 39.4 Å². The zero-order chi connectivity index (χ0) is 18.2. The van der Waals surface area contributed by atoms with Gasteiger partial charge in [0.2, 0.25) is 0 Å². The van der Waals surface area contributed by atoms with Crippen LogP contribution in [0.25, 0.3) is 0 Å². The fraction of sp³-hybridized carbons (Fsp3) is 0.789. The van der Waals surface area contributed by atoms with E-state index in [-0.39, 0.29) is 29.5 Å². The standard InChI is InChI=1S/C19H34N6O.HI/c1-3-20-18(21-15-17-7-10-23-24(17)2)22-16-19(8-5-4-6-9-19)25-11-13-26-14-12-25;/h7,10H,3-6,8-9,11-16H2,1-2H3,(H2,20,21,22);1H. The molecule has 0 atom stereocenters. The third-order valence-electron chi connectivity index (χ3n) is 5.72. The molecule has 0 unspecified atom stereocenters. The SMILES string of the molecule is CCNC(=NCc1ccnn1C)NCC1(N2CCOCC2)CCCCC1.I. The second-order valence-electron chi connectivity index (χ2n) is 7.38. The van der Waals surface area contributed by atoms with E-state index in [0.29, 0.717) is 6.54 Å². The Kier molecular flexibility index (Phi) is 9.31. The summed E-state index contributed by atoms with van der Waals surface area (Å²) in [6, 6.07) is 2.02. The van der Waals surface area contributed by atoms with E-state index < -0.39 is 0 Å². The minimum absolute atomic E-state index is 0. The predicted octanol–water partition coefficient (Wildman–Crippen LogP) is 2.13. The Morgan fingerprint density at radius 2 is 1.96 bits per heavy atom. The van der Waals surface area contributed by atoms with Crippen LogP contribution in [0.15, 0.2) is 17.3 Å². The molecule has 7 nitrogen and oxygen atoms in total. The minimum atomic E-state index is 0. The predicted molar refractivity (Wildman–Crippen MR) is 120 cm³/mol. The van der Waals surface area contributed by atoms with Gasteiger partial charge in [0.15, 0.2) is 5.96 Å². The highest BCUT2D eigenvalue weighted by atomic mass is 127. The first-order valence-corrected chi connectivity index (χ1v) is 10.1. The molecule has 2 fully saturated rings. The van der Waals surface area contributed by atoms with Gasteiger partial charge in [0.1, 0.15) is 0 Å². The van der Waals surface area contributed by atoms with Crippen LogP contribution in [0.2, 0.25) is 0 Å². The van der Waals surface area contributed by atoms with Crippen molar-refractivity contribution in [3.05, 3.63) is 18.0 Å². The monoisotopic (exact) mass is 490 g/mol. The molecule has 1 aromatic rings. The van der Waals surface area contributed by atoms with Crippen molar-refractivity contribution in [2.45, 2.75) is 51.1 Å². The molecule has 1 aromatic heterocycles. The quantitative estimate of drug-likeness (QED) is 0.364. The summed E-state index contributed by atoms with van der Waals surface area (Å²) in [7, 11) is 1.96. The van der Waals surface area contributed by atoms with Crippen molar-refractivity contribution in [1.29, 1.82) is 0 Å². The summed E-state index contributed by atoms with van der Waals surface area (Å²) in [5.41, 5.74) is 1.35. The van der Waals surface area contributed by atoms with E-state index in [0.717, 1.165) is 51.0 Å². The summed E-state index contributed by atoms with van der Waals surface area (Å²) < 4.78 is 7.46. The number of morpholine rings is 1. The van der Waals surface area contributed by atoms with Gasteiger partial charge in [-0.25, -0.2) is 4.99 Å². The molecule has 1 aliphatic carbocycles. The third kappa shape index (κ3) is 6.05. The van der Waals surface area contributed by atoms with Gasteiger partial charge in [-0.2, -0.15) is 5.10 Å². The second kappa shape index (κ2) is 11.2. The molecule has 154 valence electrons. The van der Waals surface area contributed by atoms with Crippen molar-refractivity contribution in [3.8, 4) is 0 Å². The van der Waals surface area contributed by atoms with E-state index in [9.17, 15) is 0 Å². The molecule has 0 spiro atoms. The number of aliphatic imine (C=N–C) groups is 1. The van der Waals surface area contributed by atoms with Crippen molar-refractivity contribution in [3.63, 3.8) is 0 Å². The summed E-state index contributed by atoms with van der Waals surface area (Å²) in [4.78, 5) is 7.43. The minimum Gasteiger partial charge on any atom is -0.379 e. The molecule has 8 heteroatoms. The highest BCUT2D eigenvalue weighted by Crippen LogP contribution is 2.33. The van der Waals surface area contributed by atoms with Crippen molar-refractivity contribution in [2.24, 2.45) is 12.0 Å². The lowest BCUT2D eigenvalue weighted by atomic mass is 9.80. The van der Waals surface area contributed by atoms with E-state index >= 15 is 0 Å². The number of aromatic nitrogens is 2. The summed E-state index contributed by atoms with van der Waals surface area (Å²) in [5.74, 6) is 0.895. The molecule has 2 heterocycles. The van der Waals surface area contributed by atoms with Gasteiger partial charge in [-0.1, -0.05) is 19.3 Å². The summed E-state index contributed by atoms with van der Waals surface area (Å²) in [6.45, 7) is 8.36. The Labute approximate surface area is 180 Å². The lowest BCUT2D eigenvalue weighted by molar-refractivity contribution is -0.0352. The number of nitrogens with zero attached hydrogens (tertiary/aromatic N) is 4. The molecule has 2 aliphatic rings. The molecule has 1 aliphatic heterocycles. The van der Waals surface area contributed by atoms with Crippen LogP contribution in [0.5, 0.6) is 0 Å². The van der Waals surface area contributed by atoms with Crippen LogP contribution >= 0.6 is 24.0 Å². The number of aryl methyl sites for hydroxylation is 1. The third-order valence-corrected chi connectivity index (χ3v) is 5.72. The zero-order valence-corrected chi connectivity index (χ0v) is 19.1. The fourth-order valence-corrected chi connectivity index (χ4v) is 4.16. The Balaban J connectivity index is 0.00000261. The largest absolute Gasteiger partial charge is 0.379 e. The van der Waals surface area contributed by atoms with Gasteiger partial charge in [-0.05, 0) is 25.8 Å². The average molecular weight is 490 g/mol. The van der Waals surface area contributed by atoms with E-state index in [1.807, 2.05) is 24.0 Å². The van der Waals surface area contributed by atoms with Crippen LogP contribution < -0.4 is 10.6 Å². The van der Waals surface area contributed by atoms with Gasteiger partial charge in [0.05, 0.1) is 25.5 Å². The number of halogens is 1. The van der Waals surface area contributed by atoms with E-state index in [1.54, 1.807) is 0 Å². The van der Waals surface area contributed by atoms with Crippen LogP contribution in [0.4, 0.5) is 0 Å². The molecule has 0 radical (unpaired) electrons.